The number of aromatic nitrogens is 2. The fourth-order valence-corrected chi connectivity index (χ4v) is 3.97. The number of likely N-dealkylation sites (tertiary alicyclic amines) is 1. The zero-order chi connectivity index (χ0) is 22.1. The molecule has 1 saturated heterocycles. The first-order chi connectivity index (χ1) is 15.1. The average Bonchev–Trinajstić information content (AvgIpc) is 2.78. The Kier molecular flexibility index (Phi) is 8.58. The summed E-state index contributed by atoms with van der Waals surface area (Å²) in [5.41, 5.74) is 0.877. The van der Waals surface area contributed by atoms with Crippen LogP contribution in [0.3, 0.4) is 0 Å². The van der Waals surface area contributed by atoms with E-state index in [9.17, 15) is 9.59 Å². The number of nitrogens with one attached hydrogen (secondary N) is 1. The highest BCUT2D eigenvalue weighted by Gasteiger charge is 2.26. The van der Waals surface area contributed by atoms with Gasteiger partial charge in [-0.1, -0.05) is 18.6 Å². The topological polar surface area (TPSA) is 93.7 Å². The summed E-state index contributed by atoms with van der Waals surface area (Å²) in [6, 6.07) is 8.05. The second-order valence-corrected chi connectivity index (χ2v) is 7.74. The van der Waals surface area contributed by atoms with Gasteiger partial charge in [-0.15, -0.1) is 0 Å². The number of benzene rings is 1. The minimum atomic E-state index is -0.215. The second kappa shape index (κ2) is 11.6. The highest BCUT2D eigenvalue weighted by atomic mass is 16.5. The second-order valence-electron chi connectivity index (χ2n) is 7.74. The van der Waals surface area contributed by atoms with Crippen LogP contribution in [0.5, 0.6) is 0 Å². The molecule has 1 N–H and O–H groups in total. The van der Waals surface area contributed by atoms with Gasteiger partial charge < -0.3 is 14.8 Å². The molecular weight excluding hydrogens is 396 g/mol. The molecule has 168 valence electrons. The molecule has 0 bridgehead atoms. The van der Waals surface area contributed by atoms with Crippen LogP contribution in [0.25, 0.3) is 10.9 Å². The highest BCUT2D eigenvalue weighted by Crippen LogP contribution is 2.24. The number of ether oxygens (including phenoxy) is 2. The summed E-state index contributed by atoms with van der Waals surface area (Å²) < 4.78 is 9.86. The molecule has 1 aromatic carbocycles. The third kappa shape index (κ3) is 6.62. The van der Waals surface area contributed by atoms with Crippen LogP contribution in [0, 0.1) is 0 Å². The summed E-state index contributed by atoms with van der Waals surface area (Å²) in [4.78, 5) is 35.2. The van der Waals surface area contributed by atoms with E-state index in [1.807, 2.05) is 31.2 Å². The highest BCUT2D eigenvalue weighted by molar-refractivity contribution is 5.89. The molecule has 0 saturated carbocycles. The molecule has 3 rings (SSSR count). The van der Waals surface area contributed by atoms with Gasteiger partial charge in [0.15, 0.2) is 0 Å². The maximum atomic E-state index is 12.0. The van der Waals surface area contributed by atoms with Gasteiger partial charge in [0, 0.05) is 24.4 Å². The van der Waals surface area contributed by atoms with Crippen molar-refractivity contribution in [3.8, 4) is 0 Å². The zero-order valence-corrected chi connectivity index (χ0v) is 18.4. The monoisotopic (exact) mass is 428 g/mol. The molecule has 1 aliphatic rings. The van der Waals surface area contributed by atoms with Gasteiger partial charge in [0.1, 0.15) is 11.6 Å². The van der Waals surface area contributed by atoms with Crippen molar-refractivity contribution in [3.05, 3.63) is 30.1 Å². The Bertz CT molecular complexity index is 889. The van der Waals surface area contributed by atoms with Crippen LogP contribution >= 0.6 is 0 Å². The van der Waals surface area contributed by atoms with Gasteiger partial charge in [-0.25, -0.2) is 9.97 Å². The molecular formula is C23H32N4O4. The fraction of sp³-hybridized carbons (Fsp3) is 0.565. The van der Waals surface area contributed by atoms with Gasteiger partial charge in [-0.3, -0.25) is 14.5 Å². The number of hydrogen-bond donors (Lipinski definition) is 1. The number of carbonyl (C=O) groups is 2. The van der Waals surface area contributed by atoms with Crippen molar-refractivity contribution in [3.63, 3.8) is 0 Å². The van der Waals surface area contributed by atoms with E-state index in [4.69, 9.17) is 19.4 Å². The fourth-order valence-electron chi connectivity index (χ4n) is 3.97. The predicted molar refractivity (Wildman–Crippen MR) is 119 cm³/mol. The predicted octanol–water partition coefficient (Wildman–Crippen LogP) is 3.30. The molecule has 1 aliphatic heterocycles. The molecule has 8 nitrogen and oxygen atoms in total. The van der Waals surface area contributed by atoms with Crippen LogP contribution in [0.4, 0.5) is 5.82 Å². The number of rotatable bonds is 10. The molecule has 0 radical (unpaired) electrons. The molecule has 1 fully saturated rings. The standard InChI is InChI=1S/C23H32N4O4/c1-3-31-22(29)15-17-9-6-7-14-27(17)16-20-25-19-11-5-4-10-18(19)23(26-20)24-13-8-12-21(28)30-2/h4-5,10-11,17H,3,6-9,12-16H2,1-2H3,(H,24,25,26). The summed E-state index contributed by atoms with van der Waals surface area (Å²) in [6.07, 6.45) is 4.62. The number of methoxy groups -OCH3 is 1. The van der Waals surface area contributed by atoms with Crippen molar-refractivity contribution in [1.82, 2.24) is 14.9 Å². The van der Waals surface area contributed by atoms with E-state index >= 15 is 0 Å². The normalized spacial score (nSPS) is 16.8. The lowest BCUT2D eigenvalue weighted by atomic mass is 9.99. The molecule has 1 atom stereocenters. The quantitative estimate of drug-likeness (QED) is 0.455. The first-order valence-corrected chi connectivity index (χ1v) is 11.1. The Morgan fingerprint density at radius 1 is 1.19 bits per heavy atom. The SMILES string of the molecule is CCOC(=O)CC1CCCCN1Cc1nc(NCCCC(=O)OC)c2ccccc2n1. The van der Waals surface area contributed by atoms with Crippen LogP contribution in [-0.4, -0.2) is 59.7 Å². The first-order valence-electron chi connectivity index (χ1n) is 11.1. The maximum Gasteiger partial charge on any atom is 0.307 e. The Balaban J connectivity index is 1.73. The van der Waals surface area contributed by atoms with Crippen molar-refractivity contribution in [2.45, 2.75) is 58.0 Å². The minimum Gasteiger partial charge on any atom is -0.469 e. The van der Waals surface area contributed by atoms with Crippen LogP contribution in [0.15, 0.2) is 24.3 Å². The van der Waals surface area contributed by atoms with Crippen LogP contribution in [-0.2, 0) is 25.6 Å². The van der Waals surface area contributed by atoms with Crippen LogP contribution in [0.2, 0.25) is 0 Å². The summed E-state index contributed by atoms with van der Waals surface area (Å²) in [5, 5.41) is 4.30. The molecule has 1 aromatic heterocycles. The molecule has 0 amide bonds. The number of carbonyl (C=O) groups excluding carboxylic acids is 2. The summed E-state index contributed by atoms with van der Waals surface area (Å²) in [5.74, 6) is 1.13. The summed E-state index contributed by atoms with van der Waals surface area (Å²) in [6.45, 7) is 4.36. The molecule has 1 unspecified atom stereocenters. The van der Waals surface area contributed by atoms with Crippen molar-refractivity contribution < 1.29 is 19.1 Å². The van der Waals surface area contributed by atoms with Crippen molar-refractivity contribution in [2.75, 3.05) is 32.1 Å². The minimum absolute atomic E-state index is 0.146. The Morgan fingerprint density at radius 3 is 2.84 bits per heavy atom. The number of piperidine rings is 1. The van der Waals surface area contributed by atoms with E-state index < -0.39 is 0 Å². The Labute approximate surface area is 183 Å². The number of fused-ring (bicyclic) bond motifs is 1. The van der Waals surface area contributed by atoms with Gasteiger partial charge >= 0.3 is 11.9 Å². The molecule has 8 heteroatoms. The van der Waals surface area contributed by atoms with Gasteiger partial charge in [0.05, 0.1) is 32.2 Å². The van der Waals surface area contributed by atoms with Gasteiger partial charge in [-0.05, 0) is 44.9 Å². The molecule has 0 spiro atoms. The third-order valence-corrected chi connectivity index (χ3v) is 5.53. The lowest BCUT2D eigenvalue weighted by molar-refractivity contribution is -0.145. The van der Waals surface area contributed by atoms with E-state index in [0.717, 1.165) is 48.4 Å². The van der Waals surface area contributed by atoms with E-state index in [2.05, 4.69) is 10.2 Å². The zero-order valence-electron chi connectivity index (χ0n) is 18.4. The third-order valence-electron chi connectivity index (χ3n) is 5.53. The van der Waals surface area contributed by atoms with Crippen molar-refractivity contribution in [1.29, 1.82) is 0 Å². The van der Waals surface area contributed by atoms with Gasteiger partial charge in [0.25, 0.3) is 0 Å². The summed E-state index contributed by atoms with van der Waals surface area (Å²) >= 11 is 0. The van der Waals surface area contributed by atoms with Gasteiger partial charge in [-0.2, -0.15) is 0 Å². The number of hydrogen-bond acceptors (Lipinski definition) is 8. The van der Waals surface area contributed by atoms with E-state index in [1.165, 1.54) is 7.11 Å². The lowest BCUT2D eigenvalue weighted by Gasteiger charge is -2.34. The first kappa shape index (κ1) is 22.9. The van der Waals surface area contributed by atoms with Crippen molar-refractivity contribution >= 4 is 28.7 Å². The number of para-hydroxylation sites is 1. The number of nitrogens with zero attached hydrogens (tertiary/aromatic N) is 3. The molecule has 0 aliphatic carbocycles. The van der Waals surface area contributed by atoms with E-state index in [0.29, 0.717) is 39.0 Å². The molecule has 2 heterocycles. The van der Waals surface area contributed by atoms with Gasteiger partial charge in [0.2, 0.25) is 0 Å². The Morgan fingerprint density at radius 2 is 2.03 bits per heavy atom. The molecule has 31 heavy (non-hydrogen) atoms. The van der Waals surface area contributed by atoms with Crippen molar-refractivity contribution in [2.24, 2.45) is 0 Å². The smallest absolute Gasteiger partial charge is 0.307 e. The largest absolute Gasteiger partial charge is 0.469 e. The van der Waals surface area contributed by atoms with Crippen LogP contribution < -0.4 is 5.32 Å². The Hall–Kier alpha value is -2.74. The van der Waals surface area contributed by atoms with E-state index in [-0.39, 0.29) is 18.0 Å². The average molecular weight is 429 g/mol. The summed E-state index contributed by atoms with van der Waals surface area (Å²) in [7, 11) is 1.40. The molecule has 2 aromatic rings. The maximum absolute atomic E-state index is 12.0. The number of anilines is 1. The van der Waals surface area contributed by atoms with Crippen LogP contribution in [0.1, 0.15) is 51.3 Å². The lowest BCUT2D eigenvalue weighted by Crippen LogP contribution is -2.41. The van der Waals surface area contributed by atoms with E-state index in [1.54, 1.807) is 0 Å². The number of esters is 2.